The Balaban J connectivity index is 2.37. The van der Waals surface area contributed by atoms with Gasteiger partial charge < -0.3 is 19.3 Å². The van der Waals surface area contributed by atoms with Crippen LogP contribution < -0.4 is 10.0 Å². The lowest BCUT2D eigenvalue weighted by Gasteiger charge is -2.13. The second-order valence-corrected chi connectivity index (χ2v) is 3.93. The molecule has 0 radical (unpaired) electrons. The maximum atomic E-state index is 10.3. The number of carbonyl (C=O) groups is 1. The number of aromatic nitrogens is 2. The number of aliphatic carboxylic acids is 1. The fourth-order valence-corrected chi connectivity index (χ4v) is 1.59. The summed E-state index contributed by atoms with van der Waals surface area (Å²) >= 11 is 0. The molecule has 1 rings (SSSR count). The van der Waals surface area contributed by atoms with Gasteiger partial charge in [-0.05, 0) is 20.3 Å². The van der Waals surface area contributed by atoms with Crippen LogP contribution in [0.2, 0.25) is 0 Å². The molecule has 0 aromatic carbocycles. The Kier molecular flexibility index (Phi) is 5.62. The van der Waals surface area contributed by atoms with Crippen molar-refractivity contribution < 1.29 is 19.3 Å². The van der Waals surface area contributed by atoms with Gasteiger partial charge in [-0.25, -0.2) is 0 Å². The van der Waals surface area contributed by atoms with Crippen LogP contribution in [-0.4, -0.2) is 35.7 Å². The van der Waals surface area contributed by atoms with E-state index < -0.39 is 5.97 Å². The first-order valence-corrected chi connectivity index (χ1v) is 6.00. The minimum absolute atomic E-state index is 0.0804. The highest BCUT2D eigenvalue weighted by Gasteiger charge is 2.09. The molecule has 0 unspecified atom stereocenters. The molecule has 0 bridgehead atoms. The van der Waals surface area contributed by atoms with E-state index in [1.165, 1.54) is 4.90 Å². The summed E-state index contributed by atoms with van der Waals surface area (Å²) in [6.45, 7) is 7.39. The number of hydrogen-bond acceptors (Lipinski definition) is 5. The lowest BCUT2D eigenvalue weighted by Crippen LogP contribution is -3.11. The Morgan fingerprint density at radius 3 is 2.65 bits per heavy atom. The largest absolute Gasteiger partial charge is 0.550 e. The van der Waals surface area contributed by atoms with Crippen LogP contribution in [0.25, 0.3) is 0 Å². The van der Waals surface area contributed by atoms with Crippen LogP contribution in [0, 0.1) is 0 Å². The summed E-state index contributed by atoms with van der Waals surface area (Å²) in [5.74, 6) is -0.0752. The molecule has 96 valence electrons. The van der Waals surface area contributed by atoms with Crippen molar-refractivity contribution in [1.29, 1.82) is 0 Å². The fourth-order valence-electron chi connectivity index (χ4n) is 1.59. The molecule has 17 heavy (non-hydrogen) atoms. The van der Waals surface area contributed by atoms with Crippen LogP contribution in [0.3, 0.4) is 0 Å². The minimum Gasteiger partial charge on any atom is -0.550 e. The van der Waals surface area contributed by atoms with Crippen LogP contribution in [0.1, 0.15) is 32.0 Å². The Labute approximate surface area is 101 Å². The van der Waals surface area contributed by atoms with Gasteiger partial charge >= 0.3 is 0 Å². The summed E-state index contributed by atoms with van der Waals surface area (Å²) in [4.78, 5) is 15.9. The van der Waals surface area contributed by atoms with Gasteiger partial charge in [-0.3, -0.25) is 0 Å². The van der Waals surface area contributed by atoms with E-state index in [2.05, 4.69) is 24.0 Å². The summed E-state index contributed by atoms with van der Waals surface area (Å²) in [7, 11) is 0. The number of aryl methyl sites for hydroxylation is 1. The van der Waals surface area contributed by atoms with E-state index >= 15 is 0 Å². The topological polar surface area (TPSA) is 83.5 Å². The fraction of sp³-hybridized carbons (Fsp3) is 0.727. The van der Waals surface area contributed by atoms with E-state index in [0.717, 1.165) is 26.1 Å². The van der Waals surface area contributed by atoms with Crippen LogP contribution in [0.4, 0.5) is 0 Å². The number of nitrogens with one attached hydrogen (secondary N) is 1. The summed E-state index contributed by atoms with van der Waals surface area (Å²) in [5.41, 5.74) is 0. The van der Waals surface area contributed by atoms with Gasteiger partial charge in [0.15, 0.2) is 5.82 Å². The van der Waals surface area contributed by atoms with Gasteiger partial charge in [0.25, 0.3) is 0 Å². The minimum atomic E-state index is -1.10. The molecule has 0 saturated carbocycles. The first-order chi connectivity index (χ1) is 8.15. The monoisotopic (exact) mass is 241 g/mol. The molecule has 0 amide bonds. The molecule has 1 heterocycles. The van der Waals surface area contributed by atoms with E-state index in [1.807, 2.05) is 0 Å². The molecule has 1 N–H and O–H groups in total. The number of rotatable bonds is 8. The normalized spacial score (nSPS) is 11.0. The van der Waals surface area contributed by atoms with Gasteiger partial charge in [-0.2, -0.15) is 4.98 Å². The Morgan fingerprint density at radius 2 is 2.06 bits per heavy atom. The second-order valence-electron chi connectivity index (χ2n) is 3.93. The van der Waals surface area contributed by atoms with Gasteiger partial charge in [0, 0.05) is 12.4 Å². The van der Waals surface area contributed by atoms with Crippen molar-refractivity contribution in [3.63, 3.8) is 0 Å². The Hall–Kier alpha value is -1.43. The molecule has 6 nitrogen and oxygen atoms in total. The van der Waals surface area contributed by atoms with Crippen LogP contribution >= 0.6 is 0 Å². The number of hydrogen-bond donors (Lipinski definition) is 1. The molecule has 1 aromatic rings. The van der Waals surface area contributed by atoms with Crippen LogP contribution in [0.15, 0.2) is 4.52 Å². The summed E-state index contributed by atoms with van der Waals surface area (Å²) in [6, 6.07) is 0. The number of quaternary nitrogens is 1. The second kappa shape index (κ2) is 7.01. The predicted octanol–water partition coefficient (Wildman–Crippen LogP) is -1.78. The first-order valence-electron chi connectivity index (χ1n) is 6.00. The number of likely N-dealkylation sites (N-methyl/N-ethyl adjacent to an activating group) is 1. The molecular weight excluding hydrogens is 222 g/mol. The van der Waals surface area contributed by atoms with Gasteiger partial charge in [-0.1, -0.05) is 5.16 Å². The SMILES string of the molecule is CC[NH+](CC)CCc1noc(CCC(=O)[O-])n1. The summed E-state index contributed by atoms with van der Waals surface area (Å²) < 4.78 is 4.95. The van der Waals surface area contributed by atoms with Gasteiger partial charge in [0.2, 0.25) is 5.89 Å². The molecular formula is C11H19N3O3. The third-order valence-corrected chi connectivity index (χ3v) is 2.76. The lowest BCUT2D eigenvalue weighted by molar-refractivity contribution is -0.896. The Morgan fingerprint density at radius 1 is 1.35 bits per heavy atom. The third-order valence-electron chi connectivity index (χ3n) is 2.76. The smallest absolute Gasteiger partial charge is 0.227 e. The van der Waals surface area contributed by atoms with E-state index in [-0.39, 0.29) is 12.8 Å². The molecule has 6 heteroatoms. The lowest BCUT2D eigenvalue weighted by atomic mass is 10.3. The molecule has 0 saturated heterocycles. The van der Waals surface area contributed by atoms with Gasteiger partial charge in [-0.15, -0.1) is 0 Å². The number of carboxylic acids is 1. The molecule has 0 spiro atoms. The van der Waals surface area contributed by atoms with Crippen molar-refractivity contribution in [3.05, 3.63) is 11.7 Å². The maximum Gasteiger partial charge on any atom is 0.227 e. The average molecular weight is 241 g/mol. The van der Waals surface area contributed by atoms with Gasteiger partial charge in [0.05, 0.1) is 26.1 Å². The summed E-state index contributed by atoms with van der Waals surface area (Å²) in [5, 5.41) is 14.1. The Bertz CT molecular complexity index is 347. The highest BCUT2D eigenvalue weighted by molar-refractivity contribution is 5.64. The highest BCUT2D eigenvalue weighted by Crippen LogP contribution is 2.00. The number of carbonyl (C=O) groups excluding carboxylic acids is 1. The first kappa shape index (κ1) is 13.6. The van der Waals surface area contributed by atoms with Crippen LogP contribution in [0.5, 0.6) is 0 Å². The zero-order valence-electron chi connectivity index (χ0n) is 10.4. The van der Waals surface area contributed by atoms with Crippen molar-refractivity contribution in [2.45, 2.75) is 33.1 Å². The maximum absolute atomic E-state index is 10.3. The molecule has 0 aliphatic heterocycles. The molecule has 0 aliphatic rings. The van der Waals surface area contributed by atoms with E-state index in [1.54, 1.807) is 0 Å². The van der Waals surface area contributed by atoms with E-state index in [4.69, 9.17) is 4.52 Å². The van der Waals surface area contributed by atoms with Crippen molar-refractivity contribution >= 4 is 5.97 Å². The van der Waals surface area contributed by atoms with Crippen molar-refractivity contribution in [1.82, 2.24) is 10.1 Å². The highest BCUT2D eigenvalue weighted by atomic mass is 16.5. The zero-order valence-corrected chi connectivity index (χ0v) is 10.4. The number of carboxylic acid groups (broad SMARTS) is 1. The quantitative estimate of drug-likeness (QED) is 0.581. The molecule has 0 atom stereocenters. The summed E-state index contributed by atoms with van der Waals surface area (Å²) in [6.07, 6.45) is 0.919. The van der Waals surface area contributed by atoms with Gasteiger partial charge in [0.1, 0.15) is 0 Å². The van der Waals surface area contributed by atoms with Crippen molar-refractivity contribution in [2.75, 3.05) is 19.6 Å². The van der Waals surface area contributed by atoms with E-state index in [9.17, 15) is 9.90 Å². The number of nitrogens with zero attached hydrogens (tertiary/aromatic N) is 2. The third kappa shape index (κ3) is 4.95. The van der Waals surface area contributed by atoms with Crippen LogP contribution in [-0.2, 0) is 17.6 Å². The molecule has 1 aromatic heterocycles. The zero-order chi connectivity index (χ0) is 12.7. The standard InChI is InChI=1S/C11H19N3O3/c1-3-14(4-2)8-7-9-12-10(17-13-9)5-6-11(15)16/h3-8H2,1-2H3,(H,15,16). The van der Waals surface area contributed by atoms with Crippen molar-refractivity contribution in [3.8, 4) is 0 Å². The molecule has 0 fully saturated rings. The average Bonchev–Trinajstić information content (AvgIpc) is 2.76. The van der Waals surface area contributed by atoms with Crippen molar-refractivity contribution in [2.24, 2.45) is 0 Å². The molecule has 0 aliphatic carbocycles. The van der Waals surface area contributed by atoms with E-state index in [0.29, 0.717) is 11.7 Å². The predicted molar refractivity (Wildman–Crippen MR) is 58.2 cm³/mol.